The van der Waals surface area contributed by atoms with Crippen LogP contribution in [-0.2, 0) is 13.2 Å². The summed E-state index contributed by atoms with van der Waals surface area (Å²) in [6.07, 6.45) is 1.18. The predicted octanol–water partition coefficient (Wildman–Crippen LogP) is 5.45. The van der Waals surface area contributed by atoms with Gasteiger partial charge in [-0.05, 0) is 49.6 Å². The molecule has 0 heterocycles. The third kappa shape index (κ3) is 6.60. The van der Waals surface area contributed by atoms with Gasteiger partial charge in [0, 0.05) is 17.1 Å². The molecule has 2 aromatic rings. The lowest BCUT2D eigenvalue weighted by atomic mass is 10.1. The van der Waals surface area contributed by atoms with Crippen molar-refractivity contribution in [3.8, 4) is 11.5 Å². The van der Waals surface area contributed by atoms with Gasteiger partial charge in [-0.1, -0.05) is 49.7 Å². The molecule has 0 aliphatic carbocycles. The highest BCUT2D eigenvalue weighted by Gasteiger charge is 2.08. The molecular formula is C21H28ClNO2. The summed E-state index contributed by atoms with van der Waals surface area (Å²) in [6, 6.07) is 13.8. The molecule has 0 bridgehead atoms. The molecule has 0 fully saturated rings. The van der Waals surface area contributed by atoms with Gasteiger partial charge in [0.05, 0.1) is 6.61 Å². The number of benzene rings is 2. The SMILES string of the molecule is CCOc1cc(CNCCC(C)C)ccc1OCc1ccccc1Cl. The molecule has 2 rings (SSSR count). The number of halogens is 1. The normalized spacial score (nSPS) is 10.9. The first-order valence-corrected chi connectivity index (χ1v) is 9.30. The summed E-state index contributed by atoms with van der Waals surface area (Å²) in [4.78, 5) is 0. The van der Waals surface area contributed by atoms with Crippen molar-refractivity contribution < 1.29 is 9.47 Å². The molecule has 2 aromatic carbocycles. The van der Waals surface area contributed by atoms with E-state index in [-0.39, 0.29) is 0 Å². The highest BCUT2D eigenvalue weighted by atomic mass is 35.5. The first kappa shape index (κ1) is 19.6. The van der Waals surface area contributed by atoms with Crippen LogP contribution in [0.5, 0.6) is 11.5 Å². The van der Waals surface area contributed by atoms with Crippen LogP contribution in [0.25, 0.3) is 0 Å². The Hall–Kier alpha value is -1.71. The van der Waals surface area contributed by atoms with Gasteiger partial charge in [-0.2, -0.15) is 0 Å². The van der Waals surface area contributed by atoms with E-state index in [9.17, 15) is 0 Å². The third-order valence-corrected chi connectivity index (χ3v) is 4.25. The molecule has 0 radical (unpaired) electrons. The summed E-state index contributed by atoms with van der Waals surface area (Å²) in [7, 11) is 0. The lowest BCUT2D eigenvalue weighted by Crippen LogP contribution is -2.16. The molecule has 0 saturated heterocycles. The second kappa shape index (κ2) is 10.3. The fourth-order valence-corrected chi connectivity index (χ4v) is 2.63. The van der Waals surface area contributed by atoms with Gasteiger partial charge >= 0.3 is 0 Å². The Labute approximate surface area is 156 Å². The minimum atomic E-state index is 0.422. The molecule has 0 saturated carbocycles. The largest absolute Gasteiger partial charge is 0.490 e. The smallest absolute Gasteiger partial charge is 0.161 e. The predicted molar refractivity (Wildman–Crippen MR) is 105 cm³/mol. The maximum absolute atomic E-state index is 6.19. The number of hydrogen-bond donors (Lipinski definition) is 1. The average Bonchev–Trinajstić information content (AvgIpc) is 2.59. The summed E-state index contributed by atoms with van der Waals surface area (Å²) < 4.78 is 11.7. The van der Waals surface area contributed by atoms with Crippen LogP contribution in [0, 0.1) is 5.92 Å². The van der Waals surface area contributed by atoms with Crippen LogP contribution in [0.1, 0.15) is 38.3 Å². The molecular weight excluding hydrogens is 334 g/mol. The van der Waals surface area contributed by atoms with E-state index in [4.69, 9.17) is 21.1 Å². The summed E-state index contributed by atoms with van der Waals surface area (Å²) in [6.45, 7) is 9.33. The Bertz CT molecular complexity index is 658. The standard InChI is InChI=1S/C21H28ClNO2/c1-4-24-21-13-17(14-23-12-11-16(2)3)9-10-20(21)25-15-18-7-5-6-8-19(18)22/h5-10,13,16,23H,4,11-12,14-15H2,1-3H3. The fraction of sp³-hybridized carbons (Fsp3) is 0.429. The van der Waals surface area contributed by atoms with Gasteiger partial charge < -0.3 is 14.8 Å². The van der Waals surface area contributed by atoms with Gasteiger partial charge in [-0.25, -0.2) is 0 Å². The van der Waals surface area contributed by atoms with E-state index >= 15 is 0 Å². The number of nitrogens with one attached hydrogen (secondary N) is 1. The molecule has 0 amide bonds. The lowest BCUT2D eigenvalue weighted by Gasteiger charge is -2.14. The van der Waals surface area contributed by atoms with Crippen molar-refractivity contribution in [1.82, 2.24) is 5.32 Å². The molecule has 1 N–H and O–H groups in total. The van der Waals surface area contributed by atoms with Crippen molar-refractivity contribution in [1.29, 1.82) is 0 Å². The molecule has 0 unspecified atom stereocenters. The van der Waals surface area contributed by atoms with Crippen molar-refractivity contribution in [3.63, 3.8) is 0 Å². The Morgan fingerprint density at radius 3 is 2.56 bits per heavy atom. The van der Waals surface area contributed by atoms with Crippen LogP contribution >= 0.6 is 11.6 Å². The van der Waals surface area contributed by atoms with Crippen LogP contribution in [0.15, 0.2) is 42.5 Å². The van der Waals surface area contributed by atoms with E-state index in [1.807, 2.05) is 43.3 Å². The second-order valence-corrected chi connectivity index (χ2v) is 6.86. The molecule has 0 spiro atoms. The van der Waals surface area contributed by atoms with Crippen LogP contribution in [0.2, 0.25) is 5.02 Å². The van der Waals surface area contributed by atoms with E-state index in [1.54, 1.807) is 0 Å². The van der Waals surface area contributed by atoms with Crippen molar-refractivity contribution >= 4 is 11.6 Å². The summed E-state index contributed by atoms with van der Waals surface area (Å²) in [5.74, 6) is 2.23. The van der Waals surface area contributed by atoms with Crippen LogP contribution < -0.4 is 14.8 Å². The molecule has 3 nitrogen and oxygen atoms in total. The Morgan fingerprint density at radius 1 is 1.04 bits per heavy atom. The maximum atomic E-state index is 6.19. The van der Waals surface area contributed by atoms with Gasteiger partial charge in [0.25, 0.3) is 0 Å². The van der Waals surface area contributed by atoms with Gasteiger partial charge in [0.2, 0.25) is 0 Å². The van der Waals surface area contributed by atoms with Crippen molar-refractivity contribution in [2.45, 2.75) is 40.3 Å². The van der Waals surface area contributed by atoms with E-state index in [0.717, 1.165) is 30.2 Å². The van der Waals surface area contributed by atoms with E-state index < -0.39 is 0 Å². The fourth-order valence-electron chi connectivity index (χ4n) is 2.44. The van der Waals surface area contributed by atoms with Crippen molar-refractivity contribution in [3.05, 3.63) is 58.6 Å². The van der Waals surface area contributed by atoms with Gasteiger partial charge in [0.1, 0.15) is 6.61 Å². The zero-order chi connectivity index (χ0) is 18.1. The van der Waals surface area contributed by atoms with E-state index in [2.05, 4.69) is 25.2 Å². The molecule has 4 heteroatoms. The highest BCUT2D eigenvalue weighted by Crippen LogP contribution is 2.30. The second-order valence-electron chi connectivity index (χ2n) is 6.45. The molecule has 0 aliphatic heterocycles. The molecule has 136 valence electrons. The molecule has 0 aliphatic rings. The Morgan fingerprint density at radius 2 is 1.84 bits per heavy atom. The van der Waals surface area contributed by atoms with Gasteiger partial charge in [0.15, 0.2) is 11.5 Å². The zero-order valence-electron chi connectivity index (χ0n) is 15.3. The quantitative estimate of drug-likeness (QED) is 0.570. The number of rotatable bonds is 10. The highest BCUT2D eigenvalue weighted by molar-refractivity contribution is 6.31. The summed E-state index contributed by atoms with van der Waals surface area (Å²) >= 11 is 6.19. The van der Waals surface area contributed by atoms with Crippen LogP contribution in [-0.4, -0.2) is 13.2 Å². The van der Waals surface area contributed by atoms with Crippen molar-refractivity contribution in [2.24, 2.45) is 5.92 Å². The van der Waals surface area contributed by atoms with Crippen molar-refractivity contribution in [2.75, 3.05) is 13.2 Å². The third-order valence-electron chi connectivity index (χ3n) is 3.88. The van der Waals surface area contributed by atoms with E-state index in [0.29, 0.717) is 24.2 Å². The first-order valence-electron chi connectivity index (χ1n) is 8.92. The summed E-state index contributed by atoms with van der Waals surface area (Å²) in [5, 5.41) is 4.19. The number of hydrogen-bond acceptors (Lipinski definition) is 3. The average molecular weight is 362 g/mol. The molecule has 0 aromatic heterocycles. The van der Waals surface area contributed by atoms with Gasteiger partial charge in [-0.15, -0.1) is 0 Å². The van der Waals surface area contributed by atoms with Crippen LogP contribution in [0.3, 0.4) is 0 Å². The molecule has 0 atom stereocenters. The topological polar surface area (TPSA) is 30.5 Å². The minimum absolute atomic E-state index is 0.422. The lowest BCUT2D eigenvalue weighted by molar-refractivity contribution is 0.269. The monoisotopic (exact) mass is 361 g/mol. The van der Waals surface area contributed by atoms with Gasteiger partial charge in [-0.3, -0.25) is 0 Å². The van der Waals surface area contributed by atoms with Crippen LogP contribution in [0.4, 0.5) is 0 Å². The maximum Gasteiger partial charge on any atom is 0.161 e. The zero-order valence-corrected chi connectivity index (χ0v) is 16.1. The molecule has 25 heavy (non-hydrogen) atoms. The Balaban J connectivity index is 1.99. The summed E-state index contributed by atoms with van der Waals surface area (Å²) in [5.41, 5.74) is 2.16. The Kier molecular flexibility index (Phi) is 8.10. The minimum Gasteiger partial charge on any atom is -0.490 e. The van der Waals surface area contributed by atoms with E-state index in [1.165, 1.54) is 12.0 Å². The first-order chi connectivity index (χ1) is 12.1. The number of ether oxygens (including phenoxy) is 2.